The smallest absolute Gasteiger partial charge is 0.254 e. The predicted octanol–water partition coefficient (Wildman–Crippen LogP) is 1.06. The van der Waals surface area contributed by atoms with Gasteiger partial charge in [-0.25, -0.2) is 0 Å². The zero-order valence-electron chi connectivity index (χ0n) is 9.78. The Labute approximate surface area is 101 Å². The molecule has 3 nitrogen and oxygen atoms in total. The molecule has 1 amide bonds. The summed E-state index contributed by atoms with van der Waals surface area (Å²) >= 11 is 0. The highest BCUT2D eigenvalue weighted by Gasteiger charge is 2.24. The van der Waals surface area contributed by atoms with E-state index in [1.165, 1.54) is 5.56 Å². The van der Waals surface area contributed by atoms with E-state index in [1.807, 2.05) is 23.1 Å². The summed E-state index contributed by atoms with van der Waals surface area (Å²) in [4.78, 5) is 14.3. The van der Waals surface area contributed by atoms with Crippen molar-refractivity contribution in [3.8, 4) is 0 Å². The van der Waals surface area contributed by atoms with Gasteiger partial charge in [0.15, 0.2) is 0 Å². The molecule has 17 heavy (non-hydrogen) atoms. The molecule has 3 heteroatoms. The fourth-order valence-electron chi connectivity index (χ4n) is 2.52. The molecule has 1 N–H and O–H groups in total. The van der Waals surface area contributed by atoms with Crippen molar-refractivity contribution in [2.75, 3.05) is 26.2 Å². The van der Waals surface area contributed by atoms with Gasteiger partial charge in [0.1, 0.15) is 0 Å². The van der Waals surface area contributed by atoms with Gasteiger partial charge in [-0.15, -0.1) is 0 Å². The average Bonchev–Trinajstić information content (AvgIpc) is 2.83. The van der Waals surface area contributed by atoms with Crippen LogP contribution in [-0.2, 0) is 11.2 Å². The Morgan fingerprint density at radius 1 is 1.18 bits per heavy atom. The maximum atomic E-state index is 12.4. The van der Waals surface area contributed by atoms with E-state index in [4.69, 9.17) is 0 Å². The SMILES string of the molecule is O=C(C1=CCc2ccccc21)N1CCNCC1. The van der Waals surface area contributed by atoms with Crippen LogP contribution in [-0.4, -0.2) is 37.0 Å². The fourth-order valence-corrected chi connectivity index (χ4v) is 2.52. The minimum atomic E-state index is 0.191. The summed E-state index contributed by atoms with van der Waals surface area (Å²) in [5.74, 6) is 0.191. The number of nitrogens with zero attached hydrogens (tertiary/aromatic N) is 1. The Morgan fingerprint density at radius 3 is 2.76 bits per heavy atom. The van der Waals surface area contributed by atoms with Gasteiger partial charge in [0.2, 0.25) is 0 Å². The van der Waals surface area contributed by atoms with E-state index >= 15 is 0 Å². The normalized spacial score (nSPS) is 18.8. The third-order valence-corrected chi connectivity index (χ3v) is 3.47. The highest BCUT2D eigenvalue weighted by atomic mass is 16.2. The molecule has 1 fully saturated rings. The average molecular weight is 228 g/mol. The van der Waals surface area contributed by atoms with Crippen molar-refractivity contribution in [3.63, 3.8) is 0 Å². The first kappa shape index (κ1) is 10.5. The Kier molecular flexibility index (Phi) is 2.69. The fraction of sp³-hybridized carbons (Fsp3) is 0.357. The number of fused-ring (bicyclic) bond motifs is 1. The van der Waals surface area contributed by atoms with Crippen molar-refractivity contribution < 1.29 is 4.79 Å². The lowest BCUT2D eigenvalue weighted by molar-refractivity contribution is -0.125. The number of rotatable bonds is 1. The molecule has 1 aliphatic carbocycles. The van der Waals surface area contributed by atoms with Gasteiger partial charge in [0.25, 0.3) is 5.91 Å². The van der Waals surface area contributed by atoms with Crippen molar-refractivity contribution in [1.29, 1.82) is 0 Å². The summed E-state index contributed by atoms with van der Waals surface area (Å²) in [7, 11) is 0. The van der Waals surface area contributed by atoms with Gasteiger partial charge in [-0.05, 0) is 17.5 Å². The van der Waals surface area contributed by atoms with Crippen LogP contribution < -0.4 is 5.32 Å². The van der Waals surface area contributed by atoms with Crippen LogP contribution in [0.4, 0.5) is 0 Å². The van der Waals surface area contributed by atoms with Crippen molar-refractivity contribution in [3.05, 3.63) is 41.5 Å². The van der Waals surface area contributed by atoms with Crippen LogP contribution in [0.2, 0.25) is 0 Å². The van der Waals surface area contributed by atoms with Crippen LogP contribution in [0, 0.1) is 0 Å². The third-order valence-electron chi connectivity index (χ3n) is 3.47. The topological polar surface area (TPSA) is 32.3 Å². The number of benzene rings is 1. The Morgan fingerprint density at radius 2 is 1.94 bits per heavy atom. The van der Waals surface area contributed by atoms with E-state index in [0.717, 1.165) is 43.7 Å². The second-order valence-corrected chi connectivity index (χ2v) is 4.52. The molecule has 0 radical (unpaired) electrons. The van der Waals surface area contributed by atoms with E-state index < -0.39 is 0 Å². The number of carbonyl (C=O) groups is 1. The minimum absolute atomic E-state index is 0.191. The van der Waals surface area contributed by atoms with E-state index in [2.05, 4.69) is 17.5 Å². The highest BCUT2D eigenvalue weighted by Crippen LogP contribution is 2.28. The minimum Gasteiger partial charge on any atom is -0.336 e. The molecule has 0 spiro atoms. The maximum Gasteiger partial charge on any atom is 0.254 e. The molecule has 3 rings (SSSR count). The first-order chi connectivity index (χ1) is 8.36. The number of amides is 1. The molecule has 0 aromatic heterocycles. The number of allylic oxidation sites excluding steroid dienone is 1. The summed E-state index contributed by atoms with van der Waals surface area (Å²) in [6, 6.07) is 8.19. The molecule has 0 saturated carbocycles. The molecular formula is C14H16N2O. The Bertz CT molecular complexity index is 473. The lowest BCUT2D eigenvalue weighted by Gasteiger charge is -2.28. The maximum absolute atomic E-state index is 12.4. The van der Waals surface area contributed by atoms with Gasteiger partial charge >= 0.3 is 0 Å². The van der Waals surface area contributed by atoms with Gasteiger partial charge in [-0.1, -0.05) is 30.3 Å². The van der Waals surface area contributed by atoms with Crippen LogP contribution in [0.25, 0.3) is 5.57 Å². The molecule has 0 unspecified atom stereocenters. The number of hydrogen-bond acceptors (Lipinski definition) is 2. The van der Waals surface area contributed by atoms with Crippen LogP contribution in [0.3, 0.4) is 0 Å². The van der Waals surface area contributed by atoms with Crippen molar-refractivity contribution in [2.24, 2.45) is 0 Å². The van der Waals surface area contributed by atoms with Crippen LogP contribution in [0.15, 0.2) is 30.3 Å². The molecule has 1 heterocycles. The van der Waals surface area contributed by atoms with Crippen LogP contribution >= 0.6 is 0 Å². The molecule has 1 aliphatic heterocycles. The van der Waals surface area contributed by atoms with E-state index in [9.17, 15) is 4.79 Å². The quantitative estimate of drug-likeness (QED) is 0.779. The molecular weight excluding hydrogens is 212 g/mol. The number of piperazine rings is 1. The largest absolute Gasteiger partial charge is 0.336 e. The summed E-state index contributed by atoms with van der Waals surface area (Å²) in [5, 5.41) is 3.27. The van der Waals surface area contributed by atoms with Gasteiger partial charge < -0.3 is 10.2 Å². The van der Waals surface area contributed by atoms with Crippen LogP contribution in [0.5, 0.6) is 0 Å². The molecule has 1 aromatic rings. The zero-order valence-corrected chi connectivity index (χ0v) is 9.78. The number of carbonyl (C=O) groups excluding carboxylic acids is 1. The molecule has 1 saturated heterocycles. The monoisotopic (exact) mass is 228 g/mol. The van der Waals surface area contributed by atoms with Gasteiger partial charge in [-0.3, -0.25) is 4.79 Å². The van der Waals surface area contributed by atoms with Crippen LogP contribution in [0.1, 0.15) is 11.1 Å². The van der Waals surface area contributed by atoms with E-state index in [1.54, 1.807) is 0 Å². The van der Waals surface area contributed by atoms with Gasteiger partial charge in [0.05, 0.1) is 0 Å². The molecule has 1 aromatic carbocycles. The Hall–Kier alpha value is -1.61. The lowest BCUT2D eigenvalue weighted by atomic mass is 10.0. The van der Waals surface area contributed by atoms with E-state index in [0.29, 0.717) is 0 Å². The molecule has 0 bridgehead atoms. The first-order valence-electron chi connectivity index (χ1n) is 6.15. The Balaban J connectivity index is 1.84. The third kappa shape index (κ3) is 1.87. The summed E-state index contributed by atoms with van der Waals surface area (Å²) < 4.78 is 0. The van der Waals surface area contributed by atoms with Crippen molar-refractivity contribution in [2.45, 2.75) is 6.42 Å². The first-order valence-corrected chi connectivity index (χ1v) is 6.15. The van der Waals surface area contributed by atoms with Gasteiger partial charge in [-0.2, -0.15) is 0 Å². The molecule has 88 valence electrons. The van der Waals surface area contributed by atoms with Crippen molar-refractivity contribution in [1.82, 2.24) is 10.2 Å². The summed E-state index contributed by atoms with van der Waals surface area (Å²) in [6.07, 6.45) is 2.96. The second-order valence-electron chi connectivity index (χ2n) is 4.52. The standard InChI is InChI=1S/C14H16N2O/c17-14(16-9-7-15-8-10-16)13-6-5-11-3-1-2-4-12(11)13/h1-4,6,15H,5,7-10H2. The lowest BCUT2D eigenvalue weighted by Crippen LogP contribution is -2.46. The molecule has 0 atom stereocenters. The predicted molar refractivity (Wildman–Crippen MR) is 67.6 cm³/mol. The number of nitrogens with one attached hydrogen (secondary N) is 1. The van der Waals surface area contributed by atoms with Crippen molar-refractivity contribution >= 4 is 11.5 Å². The summed E-state index contributed by atoms with van der Waals surface area (Å²) in [6.45, 7) is 3.44. The summed E-state index contributed by atoms with van der Waals surface area (Å²) in [5.41, 5.74) is 3.28. The zero-order chi connectivity index (χ0) is 11.7. The second kappa shape index (κ2) is 4.34. The number of hydrogen-bond donors (Lipinski definition) is 1. The highest BCUT2D eigenvalue weighted by molar-refractivity contribution is 6.20. The van der Waals surface area contributed by atoms with E-state index in [-0.39, 0.29) is 5.91 Å². The molecule has 2 aliphatic rings. The van der Waals surface area contributed by atoms with Gasteiger partial charge in [0, 0.05) is 31.8 Å².